The number of anilines is 2. The molecule has 178 valence electrons. The van der Waals surface area contributed by atoms with E-state index in [1.807, 2.05) is 0 Å². The van der Waals surface area contributed by atoms with Crippen molar-refractivity contribution < 1.29 is 37.0 Å². The second kappa shape index (κ2) is 8.17. The molecule has 4 rings (SSSR count). The molecule has 2 aromatic carbocycles. The normalized spacial score (nSPS) is 17.7. The van der Waals surface area contributed by atoms with E-state index in [-0.39, 0.29) is 33.8 Å². The number of alkyl halides is 3. The van der Waals surface area contributed by atoms with E-state index in [1.54, 1.807) is 0 Å². The number of carbonyl (C=O) groups is 2. The van der Waals surface area contributed by atoms with Crippen LogP contribution in [0.2, 0.25) is 10.0 Å². The average Bonchev–Trinajstić information content (AvgIpc) is 3.25. The van der Waals surface area contributed by atoms with Gasteiger partial charge in [0, 0.05) is 6.42 Å². The summed E-state index contributed by atoms with van der Waals surface area (Å²) in [6.45, 7) is 1.46. The SMILES string of the molecule is C[C@@]1(Cc2ccc(OC(F)(F)F)cc2)C(=O)N(c2cc(Cl)c(F)c(Cl)c2)c2ncc(C(=O)O)n21. The first-order valence-electron chi connectivity index (χ1n) is 9.47. The van der Waals surface area contributed by atoms with Crippen LogP contribution in [-0.2, 0) is 16.8 Å². The van der Waals surface area contributed by atoms with E-state index in [2.05, 4.69) is 9.72 Å². The van der Waals surface area contributed by atoms with E-state index in [0.717, 1.165) is 35.4 Å². The first-order valence-corrected chi connectivity index (χ1v) is 10.2. The van der Waals surface area contributed by atoms with Crippen LogP contribution in [0.1, 0.15) is 23.0 Å². The number of ether oxygens (including phenoxy) is 1. The van der Waals surface area contributed by atoms with Gasteiger partial charge in [-0.05, 0) is 36.8 Å². The molecule has 0 saturated heterocycles. The maximum atomic E-state index is 13.9. The van der Waals surface area contributed by atoms with Crippen molar-refractivity contribution in [3.8, 4) is 5.75 Å². The minimum atomic E-state index is -4.87. The highest BCUT2D eigenvalue weighted by molar-refractivity contribution is 6.35. The molecule has 1 amide bonds. The number of carboxylic acid groups (broad SMARTS) is 1. The number of carbonyl (C=O) groups excluding carboxylic acids is 1. The third-order valence-electron chi connectivity index (χ3n) is 5.25. The molecule has 0 unspecified atom stereocenters. The minimum absolute atomic E-state index is 0.0582. The number of imidazole rings is 1. The minimum Gasteiger partial charge on any atom is -0.477 e. The molecule has 1 aliphatic rings. The smallest absolute Gasteiger partial charge is 0.477 e. The van der Waals surface area contributed by atoms with Crippen LogP contribution in [-0.4, -0.2) is 32.9 Å². The molecular formula is C21H13Cl2F4N3O4. The van der Waals surface area contributed by atoms with E-state index < -0.39 is 35.3 Å². The van der Waals surface area contributed by atoms with Crippen molar-refractivity contribution in [2.45, 2.75) is 25.2 Å². The lowest BCUT2D eigenvalue weighted by Crippen LogP contribution is -2.42. The molecule has 2 heterocycles. The Labute approximate surface area is 199 Å². The number of rotatable bonds is 5. The number of benzene rings is 2. The zero-order chi connectivity index (χ0) is 25.0. The monoisotopic (exact) mass is 517 g/mol. The van der Waals surface area contributed by atoms with Crippen LogP contribution in [0.4, 0.5) is 29.2 Å². The number of amides is 1. The Balaban J connectivity index is 1.78. The van der Waals surface area contributed by atoms with Crippen LogP contribution in [0.15, 0.2) is 42.6 Å². The Morgan fingerprint density at radius 1 is 1.18 bits per heavy atom. The number of nitrogens with zero attached hydrogens (tertiary/aromatic N) is 3. The van der Waals surface area contributed by atoms with Gasteiger partial charge in [0.15, 0.2) is 5.82 Å². The maximum absolute atomic E-state index is 13.9. The number of hydrogen-bond acceptors (Lipinski definition) is 4. The van der Waals surface area contributed by atoms with Crippen molar-refractivity contribution in [1.82, 2.24) is 9.55 Å². The first kappa shape index (κ1) is 23.8. The summed E-state index contributed by atoms with van der Waals surface area (Å²) in [6, 6.07) is 7.10. The van der Waals surface area contributed by atoms with Gasteiger partial charge in [0.05, 0.1) is 21.9 Å². The standard InChI is InChI=1S/C21H13Cl2F4N3O4/c1-20(8-10-2-4-12(5-3-10)34-21(25,26)27)18(33)29(11-6-13(22)16(24)14(23)7-11)19-28-9-15(17(31)32)30(19)20/h2-7,9H,8H2,1H3,(H,31,32)/t20-/m1/s1. The summed E-state index contributed by atoms with van der Waals surface area (Å²) in [5.41, 5.74) is -1.38. The quantitative estimate of drug-likeness (QED) is 0.353. The van der Waals surface area contributed by atoms with Gasteiger partial charge in [-0.15, -0.1) is 13.2 Å². The van der Waals surface area contributed by atoms with Crippen LogP contribution in [0.25, 0.3) is 0 Å². The van der Waals surface area contributed by atoms with Crippen molar-refractivity contribution in [1.29, 1.82) is 0 Å². The van der Waals surface area contributed by atoms with E-state index >= 15 is 0 Å². The van der Waals surface area contributed by atoms with Crippen LogP contribution in [0, 0.1) is 5.82 Å². The van der Waals surface area contributed by atoms with Crippen molar-refractivity contribution in [3.63, 3.8) is 0 Å². The van der Waals surface area contributed by atoms with E-state index in [4.69, 9.17) is 23.2 Å². The second-order valence-corrected chi connectivity index (χ2v) is 8.40. The topological polar surface area (TPSA) is 84.7 Å². The number of fused-ring (bicyclic) bond motifs is 1. The highest BCUT2D eigenvalue weighted by Gasteiger charge is 2.51. The Hall–Kier alpha value is -3.31. The fraction of sp³-hybridized carbons (Fsp3) is 0.190. The zero-order valence-corrected chi connectivity index (χ0v) is 18.5. The molecule has 0 fully saturated rings. The summed E-state index contributed by atoms with van der Waals surface area (Å²) >= 11 is 11.8. The molecule has 34 heavy (non-hydrogen) atoms. The van der Waals surface area contributed by atoms with E-state index in [0.29, 0.717) is 5.56 Å². The Morgan fingerprint density at radius 3 is 2.29 bits per heavy atom. The highest BCUT2D eigenvalue weighted by atomic mass is 35.5. The van der Waals surface area contributed by atoms with Crippen molar-refractivity contribution in [3.05, 3.63) is 69.7 Å². The van der Waals surface area contributed by atoms with Crippen molar-refractivity contribution in [2.75, 3.05) is 4.90 Å². The predicted molar refractivity (Wildman–Crippen MR) is 113 cm³/mol. The zero-order valence-electron chi connectivity index (χ0n) is 17.0. The molecule has 3 aromatic rings. The van der Waals surface area contributed by atoms with Gasteiger partial charge in [-0.2, -0.15) is 0 Å². The number of carboxylic acids is 1. The molecule has 0 spiro atoms. The fourth-order valence-corrected chi connectivity index (χ4v) is 4.31. The summed E-state index contributed by atoms with van der Waals surface area (Å²) in [7, 11) is 0. The van der Waals surface area contributed by atoms with Crippen molar-refractivity contribution in [2.24, 2.45) is 0 Å². The molecule has 1 aliphatic heterocycles. The van der Waals surface area contributed by atoms with Gasteiger partial charge < -0.3 is 9.84 Å². The summed E-state index contributed by atoms with van der Waals surface area (Å²) in [5, 5.41) is 8.92. The molecule has 7 nitrogen and oxygen atoms in total. The van der Waals surface area contributed by atoms with Gasteiger partial charge in [0.2, 0.25) is 5.95 Å². The third kappa shape index (κ3) is 4.05. The Kier molecular flexibility index (Phi) is 5.73. The Morgan fingerprint density at radius 2 is 1.76 bits per heavy atom. The lowest BCUT2D eigenvalue weighted by molar-refractivity contribution is -0.274. The number of aromatic nitrogens is 2. The number of aromatic carboxylic acids is 1. The number of halogens is 6. The van der Waals surface area contributed by atoms with Crippen LogP contribution < -0.4 is 9.64 Å². The van der Waals surface area contributed by atoms with Gasteiger partial charge in [-0.3, -0.25) is 9.36 Å². The van der Waals surface area contributed by atoms with Gasteiger partial charge in [-0.1, -0.05) is 35.3 Å². The molecular weight excluding hydrogens is 505 g/mol. The summed E-state index contributed by atoms with van der Waals surface area (Å²) < 4.78 is 56.3. The van der Waals surface area contributed by atoms with Gasteiger partial charge in [-0.25, -0.2) is 19.1 Å². The van der Waals surface area contributed by atoms with Crippen LogP contribution in [0.5, 0.6) is 5.75 Å². The van der Waals surface area contributed by atoms with Gasteiger partial charge >= 0.3 is 12.3 Å². The second-order valence-electron chi connectivity index (χ2n) is 7.59. The van der Waals surface area contributed by atoms with Crippen LogP contribution >= 0.6 is 23.2 Å². The fourth-order valence-electron chi connectivity index (χ4n) is 3.83. The summed E-state index contributed by atoms with van der Waals surface area (Å²) in [6.07, 6.45) is -3.92. The lowest BCUT2D eigenvalue weighted by atomic mass is 9.91. The highest BCUT2D eigenvalue weighted by Crippen LogP contribution is 2.44. The third-order valence-corrected chi connectivity index (χ3v) is 5.80. The van der Waals surface area contributed by atoms with E-state index in [9.17, 15) is 32.3 Å². The van der Waals surface area contributed by atoms with Gasteiger partial charge in [0.1, 0.15) is 17.0 Å². The van der Waals surface area contributed by atoms with E-state index in [1.165, 1.54) is 23.6 Å². The maximum Gasteiger partial charge on any atom is 0.573 e. The Bertz CT molecular complexity index is 1290. The van der Waals surface area contributed by atoms with Crippen molar-refractivity contribution >= 4 is 46.7 Å². The molecule has 1 atom stereocenters. The molecule has 0 bridgehead atoms. The average molecular weight is 518 g/mol. The lowest BCUT2D eigenvalue weighted by Gasteiger charge is -2.26. The van der Waals surface area contributed by atoms with Gasteiger partial charge in [0.25, 0.3) is 5.91 Å². The first-order chi connectivity index (χ1) is 15.8. The predicted octanol–water partition coefficient (Wildman–Crippen LogP) is 5.56. The summed E-state index contributed by atoms with van der Waals surface area (Å²) in [4.78, 5) is 30.6. The largest absolute Gasteiger partial charge is 0.573 e. The molecule has 0 saturated carbocycles. The molecule has 1 N–H and O–H groups in total. The molecule has 0 radical (unpaired) electrons. The van der Waals surface area contributed by atoms with Crippen LogP contribution in [0.3, 0.4) is 0 Å². The molecule has 13 heteroatoms. The molecule has 1 aromatic heterocycles. The molecule has 0 aliphatic carbocycles. The number of hydrogen-bond donors (Lipinski definition) is 1. The summed E-state index contributed by atoms with van der Waals surface area (Å²) in [5.74, 6) is -3.40.